The highest BCUT2D eigenvalue weighted by atomic mass is 15.2. The molecule has 1 N–H and O–H groups in total. The summed E-state index contributed by atoms with van der Waals surface area (Å²) < 4.78 is 0. The first-order chi connectivity index (χ1) is 10.3. The third kappa shape index (κ3) is 2.48. The molecule has 0 bridgehead atoms. The largest absolute Gasteiger partial charge is 0.299 e. The minimum atomic E-state index is 0.493. The molecule has 1 fully saturated rings. The summed E-state index contributed by atoms with van der Waals surface area (Å²) in [4.78, 5) is 7.21. The van der Waals surface area contributed by atoms with Gasteiger partial charge in [0.15, 0.2) is 5.82 Å². The SMILES string of the molecule is Cc1nc(C2CCCN(C3Cc4ccccc4C3)C2)n[nH]1. The summed E-state index contributed by atoms with van der Waals surface area (Å²) >= 11 is 0. The van der Waals surface area contributed by atoms with Gasteiger partial charge in [0, 0.05) is 18.5 Å². The Hall–Kier alpha value is -1.68. The number of aromatic nitrogens is 3. The van der Waals surface area contributed by atoms with Gasteiger partial charge in [0.1, 0.15) is 5.82 Å². The highest BCUT2D eigenvalue weighted by molar-refractivity contribution is 5.33. The molecule has 0 saturated carbocycles. The second-order valence-electron chi connectivity index (χ2n) is 6.44. The van der Waals surface area contributed by atoms with E-state index in [0.717, 1.165) is 18.2 Å². The van der Waals surface area contributed by atoms with Gasteiger partial charge in [-0.2, -0.15) is 5.10 Å². The van der Waals surface area contributed by atoms with Crippen LogP contribution in [0.5, 0.6) is 0 Å². The van der Waals surface area contributed by atoms with Gasteiger partial charge in [0.05, 0.1) is 0 Å². The fourth-order valence-corrected chi connectivity index (χ4v) is 3.89. The monoisotopic (exact) mass is 282 g/mol. The Kier molecular flexibility index (Phi) is 3.26. The molecule has 1 aliphatic heterocycles. The van der Waals surface area contributed by atoms with Crippen LogP contribution in [0.25, 0.3) is 0 Å². The zero-order valence-electron chi connectivity index (χ0n) is 12.5. The Bertz CT molecular complexity index is 608. The lowest BCUT2D eigenvalue weighted by molar-refractivity contribution is 0.149. The maximum absolute atomic E-state index is 4.54. The average Bonchev–Trinajstić information content (AvgIpc) is 3.13. The molecule has 2 aliphatic rings. The molecule has 2 aromatic rings. The van der Waals surface area contributed by atoms with E-state index in [1.165, 1.54) is 32.2 Å². The summed E-state index contributed by atoms with van der Waals surface area (Å²) in [7, 11) is 0. The van der Waals surface area contributed by atoms with Gasteiger partial charge in [-0.05, 0) is 50.3 Å². The molecular formula is C17H22N4. The first kappa shape index (κ1) is 13.0. The van der Waals surface area contributed by atoms with Crippen LogP contribution in [-0.4, -0.2) is 39.2 Å². The highest BCUT2D eigenvalue weighted by Gasteiger charge is 2.31. The lowest BCUT2D eigenvalue weighted by Gasteiger charge is -2.35. The number of fused-ring (bicyclic) bond motifs is 1. The van der Waals surface area contributed by atoms with E-state index in [2.05, 4.69) is 44.3 Å². The maximum atomic E-state index is 4.54. The number of likely N-dealkylation sites (tertiary alicyclic amines) is 1. The van der Waals surface area contributed by atoms with Crippen molar-refractivity contribution in [1.29, 1.82) is 0 Å². The highest BCUT2D eigenvalue weighted by Crippen LogP contribution is 2.31. The van der Waals surface area contributed by atoms with Gasteiger partial charge in [0.2, 0.25) is 0 Å². The van der Waals surface area contributed by atoms with E-state index in [1.807, 2.05) is 6.92 Å². The number of rotatable bonds is 2. The second kappa shape index (κ2) is 5.26. The van der Waals surface area contributed by atoms with E-state index in [4.69, 9.17) is 0 Å². The van der Waals surface area contributed by atoms with E-state index in [-0.39, 0.29) is 0 Å². The number of hydrogen-bond donors (Lipinski definition) is 1. The number of piperidine rings is 1. The molecule has 0 radical (unpaired) electrons. The van der Waals surface area contributed by atoms with E-state index in [1.54, 1.807) is 11.1 Å². The van der Waals surface area contributed by atoms with Gasteiger partial charge in [-0.15, -0.1) is 0 Å². The average molecular weight is 282 g/mol. The molecule has 1 aromatic heterocycles. The van der Waals surface area contributed by atoms with Crippen molar-refractivity contribution in [2.45, 2.75) is 44.6 Å². The van der Waals surface area contributed by atoms with E-state index in [9.17, 15) is 0 Å². The predicted molar refractivity (Wildman–Crippen MR) is 82.3 cm³/mol. The predicted octanol–water partition coefficient (Wildman–Crippen LogP) is 2.46. The molecule has 1 aromatic carbocycles. The van der Waals surface area contributed by atoms with Gasteiger partial charge in [-0.3, -0.25) is 10.00 Å². The zero-order valence-corrected chi connectivity index (χ0v) is 12.5. The first-order valence-corrected chi connectivity index (χ1v) is 7.99. The summed E-state index contributed by atoms with van der Waals surface area (Å²) in [5.74, 6) is 2.43. The minimum absolute atomic E-state index is 0.493. The summed E-state index contributed by atoms with van der Waals surface area (Å²) in [6, 6.07) is 9.57. The molecule has 4 heteroatoms. The molecule has 4 nitrogen and oxygen atoms in total. The summed E-state index contributed by atoms with van der Waals surface area (Å²) in [5.41, 5.74) is 3.08. The summed E-state index contributed by atoms with van der Waals surface area (Å²) in [6.45, 7) is 4.30. The normalized spacial score (nSPS) is 23.4. The van der Waals surface area contributed by atoms with Crippen molar-refractivity contribution in [2.75, 3.05) is 13.1 Å². The maximum Gasteiger partial charge on any atom is 0.155 e. The topological polar surface area (TPSA) is 44.8 Å². The molecule has 0 amide bonds. The molecule has 1 aliphatic carbocycles. The fourth-order valence-electron chi connectivity index (χ4n) is 3.89. The Balaban J connectivity index is 1.47. The van der Waals surface area contributed by atoms with Crippen molar-refractivity contribution in [3.8, 4) is 0 Å². The van der Waals surface area contributed by atoms with Gasteiger partial charge >= 0.3 is 0 Å². The first-order valence-electron chi connectivity index (χ1n) is 7.99. The van der Waals surface area contributed by atoms with Gasteiger partial charge < -0.3 is 0 Å². The third-order valence-electron chi connectivity index (χ3n) is 4.98. The fraction of sp³-hybridized carbons (Fsp3) is 0.529. The molecule has 110 valence electrons. The number of aryl methyl sites for hydroxylation is 1. The number of nitrogens with one attached hydrogen (secondary N) is 1. The number of aromatic amines is 1. The second-order valence-corrected chi connectivity index (χ2v) is 6.44. The van der Waals surface area contributed by atoms with Gasteiger partial charge in [-0.25, -0.2) is 4.98 Å². The molecular weight excluding hydrogens is 260 g/mol. The lowest BCUT2D eigenvalue weighted by atomic mass is 9.95. The van der Waals surface area contributed by atoms with Gasteiger partial charge in [0.25, 0.3) is 0 Å². The number of hydrogen-bond acceptors (Lipinski definition) is 3. The third-order valence-corrected chi connectivity index (χ3v) is 4.98. The molecule has 0 spiro atoms. The van der Waals surface area contributed by atoms with Crippen molar-refractivity contribution in [1.82, 2.24) is 20.1 Å². The van der Waals surface area contributed by atoms with Crippen LogP contribution in [0.3, 0.4) is 0 Å². The van der Waals surface area contributed by atoms with Crippen molar-refractivity contribution in [3.63, 3.8) is 0 Å². The minimum Gasteiger partial charge on any atom is -0.299 e. The molecule has 2 heterocycles. The van der Waals surface area contributed by atoms with Crippen molar-refractivity contribution in [2.24, 2.45) is 0 Å². The van der Waals surface area contributed by atoms with Crippen LogP contribution in [0.2, 0.25) is 0 Å². The smallest absolute Gasteiger partial charge is 0.155 e. The Morgan fingerprint density at radius 3 is 2.62 bits per heavy atom. The lowest BCUT2D eigenvalue weighted by Crippen LogP contribution is -2.42. The zero-order chi connectivity index (χ0) is 14.2. The van der Waals surface area contributed by atoms with Crippen molar-refractivity contribution < 1.29 is 0 Å². The van der Waals surface area contributed by atoms with Crippen LogP contribution >= 0.6 is 0 Å². The number of H-pyrrole nitrogens is 1. The summed E-state index contributed by atoms with van der Waals surface area (Å²) in [6.07, 6.45) is 4.88. The van der Waals surface area contributed by atoms with Crippen LogP contribution in [0.1, 0.15) is 41.5 Å². The van der Waals surface area contributed by atoms with Crippen molar-refractivity contribution in [3.05, 3.63) is 47.0 Å². The molecule has 1 unspecified atom stereocenters. The van der Waals surface area contributed by atoms with Crippen LogP contribution < -0.4 is 0 Å². The standard InChI is InChI=1S/C17H22N4/c1-12-18-17(20-19-12)15-7-4-8-21(11-15)16-9-13-5-2-3-6-14(13)10-16/h2-3,5-6,15-16H,4,7-11H2,1H3,(H,18,19,20). The van der Waals surface area contributed by atoms with Crippen LogP contribution in [0, 0.1) is 6.92 Å². The molecule has 1 saturated heterocycles. The van der Waals surface area contributed by atoms with E-state index < -0.39 is 0 Å². The van der Waals surface area contributed by atoms with E-state index in [0.29, 0.717) is 12.0 Å². The molecule has 21 heavy (non-hydrogen) atoms. The Labute approximate surface area is 125 Å². The van der Waals surface area contributed by atoms with Crippen LogP contribution in [-0.2, 0) is 12.8 Å². The Morgan fingerprint density at radius 1 is 1.19 bits per heavy atom. The molecule has 1 atom stereocenters. The van der Waals surface area contributed by atoms with Crippen LogP contribution in [0.15, 0.2) is 24.3 Å². The van der Waals surface area contributed by atoms with Gasteiger partial charge in [-0.1, -0.05) is 24.3 Å². The van der Waals surface area contributed by atoms with Crippen molar-refractivity contribution >= 4 is 0 Å². The summed E-state index contributed by atoms with van der Waals surface area (Å²) in [5, 5.41) is 7.36. The number of nitrogens with zero attached hydrogens (tertiary/aromatic N) is 3. The Morgan fingerprint density at radius 2 is 1.95 bits per heavy atom. The number of benzene rings is 1. The van der Waals surface area contributed by atoms with Crippen LogP contribution in [0.4, 0.5) is 0 Å². The quantitative estimate of drug-likeness (QED) is 0.920. The van der Waals surface area contributed by atoms with E-state index >= 15 is 0 Å². The molecule has 4 rings (SSSR count).